The Morgan fingerprint density at radius 1 is 1.03 bits per heavy atom. The zero-order valence-electron chi connectivity index (χ0n) is 17.5. The van der Waals surface area contributed by atoms with Gasteiger partial charge in [-0.1, -0.05) is 25.1 Å². The van der Waals surface area contributed by atoms with E-state index in [1.165, 1.54) is 17.8 Å². The summed E-state index contributed by atoms with van der Waals surface area (Å²) in [4.78, 5) is 16.7. The number of piperazine rings is 1. The maximum Gasteiger partial charge on any atom is 0.260 e. The molecule has 0 aliphatic carbocycles. The molecule has 0 spiro atoms. The molecule has 0 aromatic heterocycles. The van der Waals surface area contributed by atoms with Crippen molar-refractivity contribution in [3.8, 4) is 5.75 Å². The Morgan fingerprint density at radius 3 is 2.27 bits per heavy atom. The molecule has 0 unspecified atom stereocenters. The van der Waals surface area contributed by atoms with Crippen LogP contribution in [0.15, 0.2) is 59.5 Å². The summed E-state index contributed by atoms with van der Waals surface area (Å²) >= 11 is 0. The number of para-hydroxylation sites is 1. The van der Waals surface area contributed by atoms with Crippen LogP contribution in [0, 0.1) is 0 Å². The van der Waals surface area contributed by atoms with Crippen molar-refractivity contribution in [1.29, 1.82) is 0 Å². The minimum atomic E-state index is -3.55. The quantitative estimate of drug-likeness (QED) is 0.695. The Bertz CT molecular complexity index is 925. The van der Waals surface area contributed by atoms with Gasteiger partial charge in [-0.25, -0.2) is 13.1 Å². The lowest BCUT2D eigenvalue weighted by atomic mass is 10.2. The van der Waals surface area contributed by atoms with E-state index in [1.54, 1.807) is 17.0 Å². The maximum absolute atomic E-state index is 12.5. The number of carbonyl (C=O) groups excluding carboxylic acids is 1. The molecule has 7 nitrogen and oxygen atoms in total. The van der Waals surface area contributed by atoms with Crippen molar-refractivity contribution in [3.63, 3.8) is 0 Å². The molecular weight excluding hydrogens is 402 g/mol. The average molecular weight is 432 g/mol. The van der Waals surface area contributed by atoms with Crippen molar-refractivity contribution < 1.29 is 17.9 Å². The van der Waals surface area contributed by atoms with Gasteiger partial charge in [0.05, 0.1) is 4.90 Å². The van der Waals surface area contributed by atoms with Crippen LogP contribution in [0.25, 0.3) is 0 Å². The van der Waals surface area contributed by atoms with Crippen molar-refractivity contribution in [2.75, 3.05) is 37.7 Å². The molecule has 2 aromatic carbocycles. The summed E-state index contributed by atoms with van der Waals surface area (Å²) in [5, 5.41) is 0. The highest BCUT2D eigenvalue weighted by molar-refractivity contribution is 7.89. The topological polar surface area (TPSA) is 78.9 Å². The van der Waals surface area contributed by atoms with Crippen LogP contribution in [-0.2, 0) is 14.8 Å². The van der Waals surface area contributed by atoms with Crippen LogP contribution >= 0.6 is 0 Å². The lowest BCUT2D eigenvalue weighted by Gasteiger charge is -2.36. The van der Waals surface area contributed by atoms with Gasteiger partial charge in [0, 0.05) is 37.9 Å². The second-order valence-corrected chi connectivity index (χ2v) is 9.11. The van der Waals surface area contributed by atoms with Crippen LogP contribution in [0.4, 0.5) is 5.69 Å². The molecule has 1 aliphatic rings. The van der Waals surface area contributed by atoms with Crippen LogP contribution in [0.1, 0.15) is 20.3 Å². The molecule has 0 saturated carbocycles. The molecule has 8 heteroatoms. The first-order valence-corrected chi connectivity index (χ1v) is 11.7. The fraction of sp³-hybridized carbons (Fsp3) is 0.409. The Labute approximate surface area is 178 Å². The minimum Gasteiger partial charge on any atom is -0.484 e. The van der Waals surface area contributed by atoms with Crippen LogP contribution in [0.2, 0.25) is 0 Å². The van der Waals surface area contributed by atoms with Crippen molar-refractivity contribution in [2.24, 2.45) is 0 Å². The molecule has 0 bridgehead atoms. The lowest BCUT2D eigenvalue weighted by molar-refractivity contribution is -0.133. The molecule has 1 heterocycles. The Morgan fingerprint density at radius 2 is 1.67 bits per heavy atom. The summed E-state index contributed by atoms with van der Waals surface area (Å²) in [6.45, 7) is 6.54. The second-order valence-electron chi connectivity index (χ2n) is 7.39. The zero-order valence-corrected chi connectivity index (χ0v) is 18.3. The second kappa shape index (κ2) is 9.95. The van der Waals surface area contributed by atoms with Gasteiger partial charge in [0.25, 0.3) is 5.91 Å². The SMILES string of the molecule is CC[C@@H](C)NS(=O)(=O)c1ccc(OCC(=O)N2CCN(c3ccccc3)CC2)cc1. The normalized spacial score (nSPS) is 15.7. The van der Waals surface area contributed by atoms with E-state index < -0.39 is 10.0 Å². The smallest absolute Gasteiger partial charge is 0.260 e. The molecule has 1 atom stereocenters. The highest BCUT2D eigenvalue weighted by atomic mass is 32.2. The maximum atomic E-state index is 12.5. The predicted molar refractivity (Wildman–Crippen MR) is 117 cm³/mol. The van der Waals surface area contributed by atoms with Crippen molar-refractivity contribution in [3.05, 3.63) is 54.6 Å². The molecule has 1 amide bonds. The van der Waals surface area contributed by atoms with Crippen LogP contribution in [0.5, 0.6) is 5.75 Å². The van der Waals surface area contributed by atoms with Gasteiger partial charge in [-0.3, -0.25) is 4.79 Å². The van der Waals surface area contributed by atoms with Crippen LogP contribution in [-0.4, -0.2) is 58.1 Å². The van der Waals surface area contributed by atoms with Gasteiger partial charge >= 0.3 is 0 Å². The van der Waals surface area contributed by atoms with Gasteiger partial charge in [0.15, 0.2) is 6.61 Å². The first-order valence-electron chi connectivity index (χ1n) is 10.2. The number of amides is 1. The van der Waals surface area contributed by atoms with Gasteiger partial charge < -0.3 is 14.5 Å². The van der Waals surface area contributed by atoms with E-state index >= 15 is 0 Å². The summed E-state index contributed by atoms with van der Waals surface area (Å²) < 4.78 is 32.8. The van der Waals surface area contributed by atoms with E-state index in [9.17, 15) is 13.2 Å². The third-order valence-electron chi connectivity index (χ3n) is 5.22. The molecule has 1 saturated heterocycles. The highest BCUT2D eigenvalue weighted by Gasteiger charge is 2.22. The Hall–Kier alpha value is -2.58. The monoisotopic (exact) mass is 431 g/mol. The van der Waals surface area contributed by atoms with Crippen molar-refractivity contribution >= 4 is 21.6 Å². The molecule has 3 rings (SSSR count). The first kappa shape index (κ1) is 22.1. The largest absolute Gasteiger partial charge is 0.484 e. The predicted octanol–water partition coefficient (Wildman–Crippen LogP) is 2.49. The molecule has 2 aromatic rings. The first-order chi connectivity index (χ1) is 14.4. The fourth-order valence-electron chi connectivity index (χ4n) is 3.22. The van der Waals surface area contributed by atoms with E-state index in [2.05, 4.69) is 21.8 Å². The molecule has 1 N–H and O–H groups in total. The Balaban J connectivity index is 1.48. The number of sulfonamides is 1. The number of anilines is 1. The number of rotatable bonds is 8. The number of nitrogens with zero attached hydrogens (tertiary/aromatic N) is 2. The molecule has 1 fully saturated rings. The summed E-state index contributed by atoms with van der Waals surface area (Å²) in [6, 6.07) is 16.2. The van der Waals surface area contributed by atoms with Crippen LogP contribution < -0.4 is 14.4 Å². The number of benzene rings is 2. The summed E-state index contributed by atoms with van der Waals surface area (Å²) in [6.07, 6.45) is 0.710. The van der Waals surface area contributed by atoms with E-state index in [0.29, 0.717) is 25.3 Å². The molecule has 0 radical (unpaired) electrons. The summed E-state index contributed by atoms with van der Waals surface area (Å²) in [7, 11) is -3.55. The summed E-state index contributed by atoms with van der Waals surface area (Å²) in [5.41, 5.74) is 1.17. The van der Waals surface area contributed by atoms with Gasteiger partial charge in [-0.15, -0.1) is 0 Å². The fourth-order valence-corrected chi connectivity index (χ4v) is 4.55. The zero-order chi connectivity index (χ0) is 21.6. The molecule has 1 aliphatic heterocycles. The minimum absolute atomic E-state index is 0.0669. The lowest BCUT2D eigenvalue weighted by Crippen LogP contribution is -2.50. The van der Waals surface area contributed by atoms with Crippen molar-refractivity contribution in [1.82, 2.24) is 9.62 Å². The number of hydrogen-bond donors (Lipinski definition) is 1. The average Bonchev–Trinajstić information content (AvgIpc) is 2.78. The van der Waals surface area contributed by atoms with Gasteiger partial charge in [-0.2, -0.15) is 0 Å². The van der Waals surface area contributed by atoms with Gasteiger partial charge in [0.2, 0.25) is 10.0 Å². The van der Waals surface area contributed by atoms with E-state index in [-0.39, 0.29) is 23.5 Å². The molecular formula is C22H29N3O4S. The number of nitrogens with one attached hydrogen (secondary N) is 1. The van der Waals surface area contributed by atoms with Gasteiger partial charge in [-0.05, 0) is 49.7 Å². The number of hydrogen-bond acceptors (Lipinski definition) is 5. The van der Waals surface area contributed by atoms with E-state index in [1.807, 2.05) is 32.0 Å². The summed E-state index contributed by atoms with van der Waals surface area (Å²) in [5.74, 6) is 0.395. The van der Waals surface area contributed by atoms with E-state index in [4.69, 9.17) is 4.74 Å². The number of ether oxygens (including phenoxy) is 1. The van der Waals surface area contributed by atoms with Gasteiger partial charge in [0.1, 0.15) is 5.75 Å². The number of carbonyl (C=O) groups is 1. The van der Waals surface area contributed by atoms with Crippen LogP contribution in [0.3, 0.4) is 0 Å². The highest BCUT2D eigenvalue weighted by Crippen LogP contribution is 2.18. The molecule has 30 heavy (non-hydrogen) atoms. The molecule has 162 valence electrons. The third-order valence-corrected chi connectivity index (χ3v) is 6.82. The third kappa shape index (κ3) is 5.73. The standard InChI is InChI=1S/C22H29N3O4S/c1-3-18(2)23-30(27,28)21-11-9-20(10-12-21)29-17-22(26)25-15-13-24(14-16-25)19-7-5-4-6-8-19/h4-12,18,23H,3,13-17H2,1-2H3/t18-/m1/s1. The van der Waals surface area contributed by atoms with Crippen molar-refractivity contribution in [2.45, 2.75) is 31.2 Å². The Kier molecular flexibility index (Phi) is 7.33. The van der Waals surface area contributed by atoms with E-state index in [0.717, 1.165) is 13.1 Å².